The molecule has 0 spiro atoms. The zero-order chi connectivity index (χ0) is 20.5. The first-order valence-electron chi connectivity index (χ1n) is 13.2. The highest BCUT2D eigenvalue weighted by Gasteiger charge is 2.43. The van der Waals surface area contributed by atoms with Gasteiger partial charge in [-0.3, -0.25) is 0 Å². The van der Waals surface area contributed by atoms with Crippen LogP contribution in [-0.2, 0) is 0 Å². The number of halogens is 2. The summed E-state index contributed by atoms with van der Waals surface area (Å²) in [6.45, 7) is 6.78. The molecule has 0 nitrogen and oxygen atoms in total. The van der Waals surface area contributed by atoms with Gasteiger partial charge in [-0.15, -0.1) is 0 Å². The first kappa shape index (κ1) is 22.1. The molecule has 4 rings (SSSR count). The summed E-state index contributed by atoms with van der Waals surface area (Å²) in [5, 5.41) is 0. The molecular formula is C27H46F2. The van der Waals surface area contributed by atoms with E-state index in [-0.39, 0.29) is 5.92 Å². The Kier molecular flexibility index (Phi) is 7.27. The van der Waals surface area contributed by atoms with Crippen molar-refractivity contribution in [3.05, 3.63) is 0 Å². The smallest absolute Gasteiger partial charge is 0.134 e. The van der Waals surface area contributed by atoms with Crippen molar-refractivity contribution in [1.29, 1.82) is 0 Å². The maximum absolute atomic E-state index is 14.2. The van der Waals surface area contributed by atoms with Gasteiger partial charge in [-0.05, 0) is 124 Å². The van der Waals surface area contributed by atoms with E-state index < -0.39 is 12.3 Å². The molecule has 0 aromatic heterocycles. The normalized spacial score (nSPS) is 52.2. The summed E-state index contributed by atoms with van der Waals surface area (Å²) < 4.78 is 28.1. The Morgan fingerprint density at radius 3 is 1.52 bits per heavy atom. The Morgan fingerprint density at radius 2 is 0.966 bits per heavy atom. The van der Waals surface area contributed by atoms with E-state index in [2.05, 4.69) is 13.8 Å². The maximum Gasteiger partial charge on any atom is 0.134 e. The molecule has 0 heterocycles. The average Bonchev–Trinajstić information content (AvgIpc) is 2.72. The van der Waals surface area contributed by atoms with Crippen LogP contribution in [0.2, 0.25) is 0 Å². The van der Waals surface area contributed by atoms with Crippen molar-refractivity contribution < 1.29 is 8.78 Å². The lowest BCUT2D eigenvalue weighted by atomic mass is 9.60. The third kappa shape index (κ3) is 5.03. The van der Waals surface area contributed by atoms with Crippen molar-refractivity contribution in [2.75, 3.05) is 0 Å². The number of hydrogen-bond acceptors (Lipinski definition) is 0. The van der Waals surface area contributed by atoms with Gasteiger partial charge in [0.2, 0.25) is 0 Å². The van der Waals surface area contributed by atoms with Crippen molar-refractivity contribution in [3.63, 3.8) is 0 Å². The van der Waals surface area contributed by atoms with Gasteiger partial charge >= 0.3 is 0 Å². The molecule has 0 amide bonds. The topological polar surface area (TPSA) is 0 Å². The van der Waals surface area contributed by atoms with Crippen LogP contribution >= 0.6 is 0 Å². The lowest BCUT2D eigenvalue weighted by Crippen LogP contribution is -2.40. The zero-order valence-electron chi connectivity index (χ0n) is 19.3. The van der Waals surface area contributed by atoms with Crippen molar-refractivity contribution in [2.24, 2.45) is 53.3 Å². The van der Waals surface area contributed by atoms with Gasteiger partial charge in [-0.25, -0.2) is 8.78 Å². The van der Waals surface area contributed by atoms with Gasteiger partial charge in [-0.2, -0.15) is 0 Å². The summed E-state index contributed by atoms with van der Waals surface area (Å²) in [7, 11) is 0. The van der Waals surface area contributed by atoms with Gasteiger partial charge in [0, 0.05) is 0 Å². The average molecular weight is 409 g/mol. The van der Waals surface area contributed by atoms with E-state index in [1.165, 1.54) is 70.6 Å². The molecule has 4 aliphatic rings. The molecule has 0 bridgehead atoms. The summed E-state index contributed by atoms with van der Waals surface area (Å²) in [5.74, 6) is 6.55. The Balaban J connectivity index is 1.24. The van der Waals surface area contributed by atoms with E-state index in [0.717, 1.165) is 36.0 Å². The van der Waals surface area contributed by atoms with E-state index in [1.807, 2.05) is 6.92 Å². The van der Waals surface area contributed by atoms with Crippen LogP contribution in [0, 0.1) is 53.3 Å². The molecule has 0 radical (unpaired) electrons. The third-order valence-corrected chi connectivity index (χ3v) is 10.2. The molecular weight excluding hydrogens is 362 g/mol. The highest BCUT2D eigenvalue weighted by Crippen LogP contribution is 2.50. The third-order valence-electron chi connectivity index (χ3n) is 10.2. The first-order valence-corrected chi connectivity index (χ1v) is 13.2. The van der Waals surface area contributed by atoms with Crippen LogP contribution in [0.25, 0.3) is 0 Å². The maximum atomic E-state index is 14.2. The summed E-state index contributed by atoms with van der Waals surface area (Å²) in [6, 6.07) is 0. The van der Waals surface area contributed by atoms with Crippen molar-refractivity contribution in [1.82, 2.24) is 0 Å². The highest BCUT2D eigenvalue weighted by atomic mass is 19.2. The minimum Gasteiger partial charge on any atom is -0.244 e. The Morgan fingerprint density at radius 1 is 0.483 bits per heavy atom. The molecule has 0 aliphatic heterocycles. The van der Waals surface area contributed by atoms with Crippen LogP contribution in [0.15, 0.2) is 0 Å². The van der Waals surface area contributed by atoms with E-state index in [1.54, 1.807) is 0 Å². The van der Waals surface area contributed by atoms with Gasteiger partial charge in [0.15, 0.2) is 0 Å². The fraction of sp³-hybridized carbons (Fsp3) is 1.00. The molecule has 0 N–H and O–H groups in total. The van der Waals surface area contributed by atoms with Gasteiger partial charge < -0.3 is 0 Å². The van der Waals surface area contributed by atoms with Crippen LogP contribution in [0.1, 0.15) is 104 Å². The predicted molar refractivity (Wildman–Crippen MR) is 118 cm³/mol. The molecule has 4 aliphatic carbocycles. The molecule has 7 unspecified atom stereocenters. The van der Waals surface area contributed by atoms with E-state index >= 15 is 0 Å². The van der Waals surface area contributed by atoms with Gasteiger partial charge in [0.1, 0.15) is 12.3 Å². The molecule has 0 aromatic rings. The Hall–Kier alpha value is -0.140. The molecule has 0 aromatic carbocycles. The van der Waals surface area contributed by atoms with E-state index in [0.29, 0.717) is 24.2 Å². The monoisotopic (exact) mass is 408 g/mol. The predicted octanol–water partition coefficient (Wildman–Crippen LogP) is 8.39. The fourth-order valence-electron chi connectivity index (χ4n) is 8.26. The second-order valence-corrected chi connectivity index (χ2v) is 12.1. The molecule has 0 saturated heterocycles. The van der Waals surface area contributed by atoms with Crippen LogP contribution in [0.3, 0.4) is 0 Å². The number of hydrogen-bond donors (Lipinski definition) is 0. The number of rotatable bonds is 3. The zero-order valence-corrected chi connectivity index (χ0v) is 19.3. The van der Waals surface area contributed by atoms with Crippen LogP contribution in [0.4, 0.5) is 8.78 Å². The highest BCUT2D eigenvalue weighted by molar-refractivity contribution is 4.93. The molecule has 4 fully saturated rings. The minimum atomic E-state index is -1.22. The van der Waals surface area contributed by atoms with Gasteiger partial charge in [0.05, 0.1) is 0 Å². The van der Waals surface area contributed by atoms with Crippen LogP contribution in [0.5, 0.6) is 0 Å². The van der Waals surface area contributed by atoms with Crippen LogP contribution < -0.4 is 0 Å². The van der Waals surface area contributed by atoms with E-state index in [4.69, 9.17) is 0 Å². The molecule has 168 valence electrons. The van der Waals surface area contributed by atoms with Gasteiger partial charge in [-0.1, -0.05) is 33.6 Å². The standard InChI is InChI=1S/C27H46F2/c1-17-4-6-20(7-5-17)21-8-10-22(11-9-21)23-12-13-25(18(2)14-23)24-15-19(3)27(29)26(28)16-24/h17-27H,4-16H2,1-3H3. The lowest BCUT2D eigenvalue weighted by Gasteiger charge is -2.46. The molecule has 7 atom stereocenters. The molecule has 29 heavy (non-hydrogen) atoms. The summed E-state index contributed by atoms with van der Waals surface area (Å²) in [5.41, 5.74) is 0. The van der Waals surface area contributed by atoms with E-state index in [9.17, 15) is 8.78 Å². The largest absolute Gasteiger partial charge is 0.244 e. The quantitative estimate of drug-likeness (QED) is 0.440. The first-order chi connectivity index (χ1) is 13.9. The van der Waals surface area contributed by atoms with Crippen LogP contribution in [-0.4, -0.2) is 12.3 Å². The van der Waals surface area contributed by atoms with Crippen molar-refractivity contribution in [3.8, 4) is 0 Å². The summed E-state index contributed by atoms with van der Waals surface area (Å²) >= 11 is 0. The van der Waals surface area contributed by atoms with Gasteiger partial charge in [0.25, 0.3) is 0 Å². The van der Waals surface area contributed by atoms with Crippen molar-refractivity contribution >= 4 is 0 Å². The second-order valence-electron chi connectivity index (χ2n) is 12.1. The SMILES string of the molecule is CC1CCC(C2CCC(C3CCC(C4CC(C)C(F)C(F)C4)C(C)C3)CC2)CC1. The fourth-order valence-corrected chi connectivity index (χ4v) is 8.26. The Labute approximate surface area is 179 Å². The summed E-state index contributed by atoms with van der Waals surface area (Å²) in [6.07, 6.45) is 14.8. The summed E-state index contributed by atoms with van der Waals surface area (Å²) in [4.78, 5) is 0. The molecule has 2 heteroatoms. The number of alkyl halides is 2. The minimum absolute atomic E-state index is 0.0910. The molecule has 4 saturated carbocycles. The Bertz CT molecular complexity index is 491. The second kappa shape index (κ2) is 9.56. The van der Waals surface area contributed by atoms with Crippen molar-refractivity contribution in [2.45, 2.75) is 117 Å². The lowest BCUT2D eigenvalue weighted by molar-refractivity contribution is -0.00305.